The Morgan fingerprint density at radius 1 is 1.10 bits per heavy atom. The third kappa shape index (κ3) is 3.96. The molecule has 0 N–H and O–H groups in total. The van der Waals surface area contributed by atoms with Crippen LogP contribution in [0, 0.1) is 10.1 Å². The molecule has 20 heavy (non-hydrogen) atoms. The van der Waals surface area contributed by atoms with Crippen molar-refractivity contribution in [2.24, 2.45) is 0 Å². The molecule has 3 rings (SSSR count). The minimum Gasteiger partial charge on any atom is -0.486 e. The molecule has 0 saturated carbocycles. The summed E-state index contributed by atoms with van der Waals surface area (Å²) in [6.07, 6.45) is 0.475. The van der Waals surface area contributed by atoms with Crippen molar-refractivity contribution in [1.82, 2.24) is 0 Å². The predicted molar refractivity (Wildman–Crippen MR) is 77.9 cm³/mol. The van der Waals surface area contributed by atoms with Crippen molar-refractivity contribution in [1.29, 1.82) is 0 Å². The average molecular weight is 292 g/mol. The van der Waals surface area contributed by atoms with E-state index in [2.05, 4.69) is 0 Å². The maximum Gasteiger partial charge on any atom is 0.250 e. The number of fused-ring (bicyclic) bond motifs is 1. The topological polar surface area (TPSA) is 52.4 Å². The largest absolute Gasteiger partial charge is 0.486 e. The van der Waals surface area contributed by atoms with Crippen LogP contribution in [0.5, 0.6) is 5.75 Å². The molecular weight excluding hydrogens is 278 g/mol. The Labute approximate surface area is 122 Å². The molecule has 0 aliphatic carbocycles. The highest BCUT2D eigenvalue weighted by atomic mass is 35.5. The molecule has 1 aliphatic rings. The van der Waals surface area contributed by atoms with Gasteiger partial charge in [-0.3, -0.25) is 10.1 Å². The Morgan fingerprint density at radius 2 is 1.75 bits per heavy atom. The molecule has 2 aromatic carbocycles. The first kappa shape index (κ1) is 14.3. The Bertz CT molecular complexity index is 574. The molecule has 1 atom stereocenters. The first-order chi connectivity index (χ1) is 9.66. The van der Waals surface area contributed by atoms with Gasteiger partial charge in [0.05, 0.1) is 0 Å². The van der Waals surface area contributed by atoms with Crippen LogP contribution < -0.4 is 4.74 Å². The van der Waals surface area contributed by atoms with Crippen LogP contribution in [-0.2, 0) is 6.42 Å². The SMILES string of the molecule is Clc1ccccc1.O=[N+]([O-])C1COc2ccccc2C1. The average Bonchev–Trinajstić information content (AvgIpc) is 2.48. The van der Waals surface area contributed by atoms with Gasteiger partial charge in [0, 0.05) is 21.9 Å². The third-order valence-corrected chi connectivity index (χ3v) is 3.14. The van der Waals surface area contributed by atoms with Gasteiger partial charge in [-0.05, 0) is 18.2 Å². The lowest BCUT2D eigenvalue weighted by atomic mass is 10.0. The lowest BCUT2D eigenvalue weighted by Gasteiger charge is -2.19. The summed E-state index contributed by atoms with van der Waals surface area (Å²) in [6, 6.07) is 16.3. The first-order valence-electron chi connectivity index (χ1n) is 6.21. The summed E-state index contributed by atoms with van der Waals surface area (Å²) < 4.78 is 5.26. The normalized spacial score (nSPS) is 16.1. The highest BCUT2D eigenvalue weighted by Gasteiger charge is 2.27. The Morgan fingerprint density at radius 3 is 2.35 bits per heavy atom. The first-order valence-corrected chi connectivity index (χ1v) is 6.59. The van der Waals surface area contributed by atoms with Crippen molar-refractivity contribution >= 4 is 11.6 Å². The van der Waals surface area contributed by atoms with Crippen molar-refractivity contribution in [2.75, 3.05) is 6.61 Å². The fourth-order valence-electron chi connectivity index (χ4n) is 1.86. The molecule has 0 amide bonds. The van der Waals surface area contributed by atoms with E-state index in [0.29, 0.717) is 6.42 Å². The third-order valence-electron chi connectivity index (χ3n) is 2.89. The Kier molecular flexibility index (Phi) is 4.96. The molecule has 0 radical (unpaired) electrons. The molecule has 5 heteroatoms. The number of halogens is 1. The van der Waals surface area contributed by atoms with Crippen molar-refractivity contribution in [2.45, 2.75) is 12.5 Å². The number of rotatable bonds is 1. The van der Waals surface area contributed by atoms with Crippen LogP contribution in [0.15, 0.2) is 54.6 Å². The van der Waals surface area contributed by atoms with Crippen LogP contribution in [0.3, 0.4) is 0 Å². The molecule has 0 aromatic heterocycles. The minimum absolute atomic E-state index is 0.185. The van der Waals surface area contributed by atoms with Gasteiger partial charge in [-0.2, -0.15) is 0 Å². The van der Waals surface area contributed by atoms with Gasteiger partial charge in [-0.1, -0.05) is 48.0 Å². The van der Waals surface area contributed by atoms with E-state index in [9.17, 15) is 10.1 Å². The molecule has 4 nitrogen and oxygen atoms in total. The van der Waals surface area contributed by atoms with Crippen LogP contribution >= 0.6 is 11.6 Å². The molecule has 0 bridgehead atoms. The smallest absolute Gasteiger partial charge is 0.250 e. The van der Waals surface area contributed by atoms with Gasteiger partial charge < -0.3 is 4.74 Å². The van der Waals surface area contributed by atoms with Gasteiger partial charge in [0.1, 0.15) is 5.75 Å². The van der Waals surface area contributed by atoms with E-state index in [-0.39, 0.29) is 11.5 Å². The lowest BCUT2D eigenvalue weighted by molar-refractivity contribution is -0.525. The number of hydrogen-bond donors (Lipinski definition) is 0. The number of nitro groups is 1. The summed E-state index contributed by atoms with van der Waals surface area (Å²) in [5.74, 6) is 0.778. The molecular formula is C15H14ClNO3. The molecule has 1 aliphatic heterocycles. The highest BCUT2D eigenvalue weighted by Crippen LogP contribution is 2.24. The van der Waals surface area contributed by atoms with Gasteiger partial charge in [-0.25, -0.2) is 0 Å². The summed E-state index contributed by atoms with van der Waals surface area (Å²) in [4.78, 5) is 10.2. The summed E-state index contributed by atoms with van der Waals surface area (Å²) in [5, 5.41) is 11.3. The standard InChI is InChI=1S/C9H9NO3.C6H5Cl/c11-10(12)8-5-7-3-1-2-4-9(7)13-6-8;7-6-4-2-1-3-5-6/h1-4,8H,5-6H2;1-5H. The molecule has 1 unspecified atom stereocenters. The number of para-hydroxylation sites is 1. The second-order valence-electron chi connectivity index (χ2n) is 4.36. The van der Waals surface area contributed by atoms with Crippen molar-refractivity contribution in [3.8, 4) is 5.75 Å². The zero-order valence-electron chi connectivity index (χ0n) is 10.7. The van der Waals surface area contributed by atoms with Crippen molar-refractivity contribution in [3.63, 3.8) is 0 Å². The minimum atomic E-state index is -0.588. The van der Waals surface area contributed by atoms with E-state index < -0.39 is 6.04 Å². The van der Waals surface area contributed by atoms with Crippen LogP contribution in [0.4, 0.5) is 0 Å². The number of hydrogen-bond acceptors (Lipinski definition) is 3. The Hall–Kier alpha value is -2.07. The van der Waals surface area contributed by atoms with E-state index in [4.69, 9.17) is 16.3 Å². The van der Waals surface area contributed by atoms with Gasteiger partial charge in [-0.15, -0.1) is 0 Å². The monoisotopic (exact) mass is 291 g/mol. The number of ether oxygens (including phenoxy) is 1. The van der Waals surface area contributed by atoms with Crippen LogP contribution in [0.1, 0.15) is 5.56 Å². The van der Waals surface area contributed by atoms with Crippen LogP contribution in [0.2, 0.25) is 5.02 Å². The van der Waals surface area contributed by atoms with Gasteiger partial charge in [0.25, 0.3) is 6.04 Å². The van der Waals surface area contributed by atoms with Gasteiger partial charge in [0.15, 0.2) is 6.61 Å². The molecule has 104 valence electrons. The fourth-order valence-corrected chi connectivity index (χ4v) is 2.01. The molecule has 0 fully saturated rings. The fraction of sp³-hybridized carbons (Fsp3) is 0.200. The molecule has 1 heterocycles. The summed E-state index contributed by atoms with van der Waals surface area (Å²) in [5.41, 5.74) is 0.926. The van der Waals surface area contributed by atoms with E-state index in [1.54, 1.807) is 0 Å². The quantitative estimate of drug-likeness (QED) is 0.596. The van der Waals surface area contributed by atoms with Gasteiger partial charge in [0.2, 0.25) is 0 Å². The molecule has 0 saturated heterocycles. The summed E-state index contributed by atoms with van der Waals surface area (Å²) in [7, 11) is 0. The van der Waals surface area contributed by atoms with Crippen molar-refractivity contribution in [3.05, 3.63) is 75.3 Å². The second-order valence-corrected chi connectivity index (χ2v) is 4.79. The highest BCUT2D eigenvalue weighted by molar-refractivity contribution is 6.30. The van der Waals surface area contributed by atoms with E-state index in [1.807, 2.05) is 54.6 Å². The maximum absolute atomic E-state index is 10.5. The predicted octanol–water partition coefficient (Wildman–Crippen LogP) is 3.61. The van der Waals surface area contributed by atoms with Crippen molar-refractivity contribution < 1.29 is 9.66 Å². The van der Waals surface area contributed by atoms with E-state index in [1.165, 1.54) is 0 Å². The Balaban J connectivity index is 0.000000178. The van der Waals surface area contributed by atoms with Crippen LogP contribution in [0.25, 0.3) is 0 Å². The van der Waals surface area contributed by atoms with E-state index >= 15 is 0 Å². The second kappa shape index (κ2) is 6.91. The van der Waals surface area contributed by atoms with E-state index in [0.717, 1.165) is 16.3 Å². The van der Waals surface area contributed by atoms with Gasteiger partial charge >= 0.3 is 0 Å². The molecule has 2 aromatic rings. The lowest BCUT2D eigenvalue weighted by Crippen LogP contribution is -2.32. The van der Waals surface area contributed by atoms with Crippen LogP contribution in [-0.4, -0.2) is 17.6 Å². The summed E-state index contributed by atoms with van der Waals surface area (Å²) in [6.45, 7) is 0.185. The zero-order valence-corrected chi connectivity index (χ0v) is 11.5. The molecule has 0 spiro atoms. The number of benzene rings is 2. The zero-order chi connectivity index (χ0) is 14.4. The maximum atomic E-state index is 10.5. The summed E-state index contributed by atoms with van der Waals surface area (Å²) >= 11 is 5.54. The number of nitrogens with zero attached hydrogens (tertiary/aromatic N) is 1.